The standard InChI is InChI=1S/C11H14BrN3O/c12-9-2-1-6-13-11(9)14-7-5-10(16)15-8-3-4-8/h1-2,6,8H,3-5,7H2,(H,13,14)(H,15,16). The fraction of sp³-hybridized carbons (Fsp3) is 0.455. The summed E-state index contributed by atoms with van der Waals surface area (Å²) in [5.41, 5.74) is 0. The van der Waals surface area contributed by atoms with Gasteiger partial charge in [-0.05, 0) is 40.9 Å². The van der Waals surface area contributed by atoms with Crippen LogP contribution in [0.15, 0.2) is 22.8 Å². The number of nitrogens with one attached hydrogen (secondary N) is 2. The molecule has 1 aliphatic rings. The highest BCUT2D eigenvalue weighted by Crippen LogP contribution is 2.19. The van der Waals surface area contributed by atoms with Gasteiger partial charge in [-0.1, -0.05) is 0 Å². The number of nitrogens with zero attached hydrogens (tertiary/aromatic N) is 1. The van der Waals surface area contributed by atoms with E-state index in [-0.39, 0.29) is 5.91 Å². The van der Waals surface area contributed by atoms with Crippen LogP contribution in [0.2, 0.25) is 0 Å². The summed E-state index contributed by atoms with van der Waals surface area (Å²) in [7, 11) is 0. The molecular formula is C11H14BrN3O. The molecule has 86 valence electrons. The van der Waals surface area contributed by atoms with Gasteiger partial charge in [-0.15, -0.1) is 0 Å². The summed E-state index contributed by atoms with van der Waals surface area (Å²) >= 11 is 3.39. The minimum atomic E-state index is 0.113. The number of anilines is 1. The molecule has 2 rings (SSSR count). The molecular weight excluding hydrogens is 270 g/mol. The van der Waals surface area contributed by atoms with Crippen LogP contribution in [0.4, 0.5) is 5.82 Å². The van der Waals surface area contributed by atoms with Crippen molar-refractivity contribution in [3.63, 3.8) is 0 Å². The summed E-state index contributed by atoms with van der Waals surface area (Å²) in [6.45, 7) is 0.605. The number of pyridine rings is 1. The van der Waals surface area contributed by atoms with Crippen molar-refractivity contribution in [2.45, 2.75) is 25.3 Å². The lowest BCUT2D eigenvalue weighted by Gasteiger charge is -2.07. The lowest BCUT2D eigenvalue weighted by molar-refractivity contribution is -0.120. The quantitative estimate of drug-likeness (QED) is 0.868. The predicted octanol–water partition coefficient (Wildman–Crippen LogP) is 1.92. The Labute approximate surface area is 103 Å². The van der Waals surface area contributed by atoms with Gasteiger partial charge in [-0.25, -0.2) is 4.98 Å². The molecule has 0 unspecified atom stereocenters. The SMILES string of the molecule is O=C(CCNc1ncccc1Br)NC1CC1. The van der Waals surface area contributed by atoms with E-state index in [0.717, 1.165) is 23.1 Å². The second-order valence-corrected chi connectivity index (χ2v) is 4.71. The monoisotopic (exact) mass is 283 g/mol. The fourth-order valence-corrected chi connectivity index (χ4v) is 1.73. The van der Waals surface area contributed by atoms with Crippen LogP contribution >= 0.6 is 15.9 Å². The molecule has 0 aromatic carbocycles. The van der Waals surface area contributed by atoms with Gasteiger partial charge < -0.3 is 10.6 Å². The molecule has 1 heterocycles. The average Bonchev–Trinajstić information content (AvgIpc) is 3.05. The van der Waals surface area contributed by atoms with Crippen molar-refractivity contribution in [2.24, 2.45) is 0 Å². The maximum atomic E-state index is 11.4. The molecule has 0 radical (unpaired) electrons. The minimum absolute atomic E-state index is 0.113. The molecule has 1 aromatic rings. The summed E-state index contributed by atoms with van der Waals surface area (Å²) < 4.78 is 0.914. The summed E-state index contributed by atoms with van der Waals surface area (Å²) in [5, 5.41) is 6.06. The Balaban J connectivity index is 1.70. The molecule has 1 fully saturated rings. The van der Waals surface area contributed by atoms with Crippen LogP contribution in [0, 0.1) is 0 Å². The van der Waals surface area contributed by atoms with E-state index in [1.165, 1.54) is 0 Å². The van der Waals surface area contributed by atoms with Crippen LogP contribution in [-0.4, -0.2) is 23.5 Å². The zero-order valence-corrected chi connectivity index (χ0v) is 10.5. The average molecular weight is 284 g/mol. The molecule has 1 amide bonds. The van der Waals surface area contributed by atoms with Crippen molar-refractivity contribution in [1.82, 2.24) is 10.3 Å². The second kappa shape index (κ2) is 5.30. The van der Waals surface area contributed by atoms with Gasteiger partial charge in [0.2, 0.25) is 5.91 Å². The molecule has 0 aliphatic heterocycles. The molecule has 0 bridgehead atoms. The maximum absolute atomic E-state index is 11.4. The fourth-order valence-electron chi connectivity index (χ4n) is 1.34. The summed E-state index contributed by atoms with van der Waals surface area (Å²) in [4.78, 5) is 15.5. The third-order valence-corrected chi connectivity index (χ3v) is 2.99. The zero-order valence-electron chi connectivity index (χ0n) is 8.87. The number of amides is 1. The Morgan fingerprint density at radius 1 is 1.56 bits per heavy atom. The number of hydrogen-bond acceptors (Lipinski definition) is 3. The number of carbonyl (C=O) groups is 1. The van der Waals surface area contributed by atoms with Crippen LogP contribution < -0.4 is 10.6 Å². The Bertz CT molecular complexity index is 379. The van der Waals surface area contributed by atoms with Crippen LogP contribution in [-0.2, 0) is 4.79 Å². The number of halogens is 1. The molecule has 1 saturated carbocycles. The molecule has 4 nitrogen and oxygen atoms in total. The Morgan fingerprint density at radius 3 is 3.06 bits per heavy atom. The van der Waals surface area contributed by atoms with Crippen LogP contribution in [0.1, 0.15) is 19.3 Å². The van der Waals surface area contributed by atoms with Crippen molar-refractivity contribution < 1.29 is 4.79 Å². The highest BCUT2D eigenvalue weighted by molar-refractivity contribution is 9.10. The van der Waals surface area contributed by atoms with Gasteiger partial charge in [0.05, 0.1) is 4.47 Å². The third kappa shape index (κ3) is 3.48. The Kier molecular flexibility index (Phi) is 3.77. The van der Waals surface area contributed by atoms with Crippen molar-refractivity contribution in [3.05, 3.63) is 22.8 Å². The summed E-state index contributed by atoms with van der Waals surface area (Å²) in [6, 6.07) is 4.21. The van der Waals surface area contributed by atoms with Gasteiger partial charge in [-0.2, -0.15) is 0 Å². The number of hydrogen-bond donors (Lipinski definition) is 2. The first kappa shape index (κ1) is 11.4. The Hall–Kier alpha value is -1.10. The van der Waals surface area contributed by atoms with Crippen LogP contribution in [0.3, 0.4) is 0 Å². The minimum Gasteiger partial charge on any atom is -0.369 e. The third-order valence-electron chi connectivity index (χ3n) is 2.35. The normalized spacial score (nSPS) is 14.6. The molecule has 0 atom stereocenters. The predicted molar refractivity (Wildman–Crippen MR) is 66.2 cm³/mol. The summed E-state index contributed by atoms with van der Waals surface area (Å²) in [5.74, 6) is 0.892. The molecule has 16 heavy (non-hydrogen) atoms. The van der Waals surface area contributed by atoms with Gasteiger partial charge in [0, 0.05) is 25.2 Å². The molecule has 1 aliphatic carbocycles. The van der Waals surface area contributed by atoms with Crippen molar-refractivity contribution in [1.29, 1.82) is 0 Å². The first-order chi connectivity index (χ1) is 7.75. The van der Waals surface area contributed by atoms with Gasteiger partial charge in [0.15, 0.2) is 0 Å². The lowest BCUT2D eigenvalue weighted by Crippen LogP contribution is -2.27. The van der Waals surface area contributed by atoms with E-state index >= 15 is 0 Å². The van der Waals surface area contributed by atoms with E-state index in [9.17, 15) is 4.79 Å². The Morgan fingerprint density at radius 2 is 2.38 bits per heavy atom. The molecule has 1 aromatic heterocycles. The van der Waals surface area contributed by atoms with Crippen molar-refractivity contribution >= 4 is 27.7 Å². The van der Waals surface area contributed by atoms with Gasteiger partial charge >= 0.3 is 0 Å². The van der Waals surface area contributed by atoms with Crippen molar-refractivity contribution in [2.75, 3.05) is 11.9 Å². The first-order valence-corrected chi connectivity index (χ1v) is 6.19. The molecule has 0 spiro atoms. The highest BCUT2D eigenvalue weighted by Gasteiger charge is 2.22. The van der Waals surface area contributed by atoms with E-state index in [4.69, 9.17) is 0 Å². The number of carbonyl (C=O) groups excluding carboxylic acids is 1. The van der Waals surface area contributed by atoms with Gasteiger partial charge in [0.25, 0.3) is 0 Å². The first-order valence-electron chi connectivity index (χ1n) is 5.39. The van der Waals surface area contributed by atoms with E-state index in [0.29, 0.717) is 19.0 Å². The molecule has 5 heteroatoms. The topological polar surface area (TPSA) is 54.0 Å². The van der Waals surface area contributed by atoms with E-state index in [1.807, 2.05) is 12.1 Å². The summed E-state index contributed by atoms with van der Waals surface area (Å²) in [6.07, 6.45) is 4.47. The lowest BCUT2D eigenvalue weighted by atomic mass is 10.3. The zero-order chi connectivity index (χ0) is 11.4. The molecule has 2 N–H and O–H groups in total. The van der Waals surface area contributed by atoms with E-state index in [1.54, 1.807) is 6.20 Å². The van der Waals surface area contributed by atoms with E-state index in [2.05, 4.69) is 31.5 Å². The van der Waals surface area contributed by atoms with Crippen molar-refractivity contribution in [3.8, 4) is 0 Å². The number of rotatable bonds is 5. The smallest absolute Gasteiger partial charge is 0.221 e. The van der Waals surface area contributed by atoms with Gasteiger partial charge in [0.1, 0.15) is 5.82 Å². The highest BCUT2D eigenvalue weighted by atomic mass is 79.9. The largest absolute Gasteiger partial charge is 0.369 e. The second-order valence-electron chi connectivity index (χ2n) is 3.85. The van der Waals surface area contributed by atoms with E-state index < -0.39 is 0 Å². The van der Waals surface area contributed by atoms with Crippen LogP contribution in [0.5, 0.6) is 0 Å². The van der Waals surface area contributed by atoms with Crippen LogP contribution in [0.25, 0.3) is 0 Å². The maximum Gasteiger partial charge on any atom is 0.221 e. The number of aromatic nitrogens is 1. The van der Waals surface area contributed by atoms with Gasteiger partial charge in [-0.3, -0.25) is 4.79 Å². The molecule has 0 saturated heterocycles.